The van der Waals surface area contributed by atoms with Crippen molar-refractivity contribution in [2.24, 2.45) is 0 Å². The molecule has 1 atom stereocenters. The van der Waals surface area contributed by atoms with Crippen LogP contribution in [0, 0.1) is 0 Å². The van der Waals surface area contributed by atoms with Crippen LogP contribution >= 0.6 is 15.9 Å². The minimum Gasteiger partial charge on any atom is -0.490 e. The fraction of sp³-hybridized carbons (Fsp3) is 0.385. The summed E-state index contributed by atoms with van der Waals surface area (Å²) in [5, 5.41) is 2.40. The number of fused-ring (bicyclic) bond motifs is 1. The van der Waals surface area contributed by atoms with Gasteiger partial charge in [0.25, 0.3) is 0 Å². The number of halogens is 1. The molecule has 2 aliphatic rings. The van der Waals surface area contributed by atoms with Gasteiger partial charge >= 0.3 is 0 Å². The van der Waals surface area contributed by atoms with Gasteiger partial charge in [-0.15, -0.1) is 0 Å². The first-order valence-corrected chi connectivity index (χ1v) is 6.97. The Kier molecular flexibility index (Phi) is 3.18. The molecule has 6 heteroatoms. The largest absolute Gasteiger partial charge is 0.490 e. The fourth-order valence-corrected chi connectivity index (χ4v) is 2.86. The number of anilines is 1. The van der Waals surface area contributed by atoms with Crippen LogP contribution in [0.5, 0.6) is 5.75 Å². The number of nitrogens with zero attached hydrogens (tertiary/aromatic N) is 1. The molecule has 1 aromatic carbocycles. The molecule has 5 nitrogen and oxygen atoms in total. The third kappa shape index (κ3) is 2.32. The van der Waals surface area contributed by atoms with Gasteiger partial charge in [0.15, 0.2) is 0 Å². The van der Waals surface area contributed by atoms with E-state index >= 15 is 0 Å². The number of carbonyl (C=O) groups is 2. The van der Waals surface area contributed by atoms with Crippen LogP contribution in [-0.2, 0) is 9.59 Å². The van der Waals surface area contributed by atoms with Gasteiger partial charge in [0, 0.05) is 10.9 Å². The molecule has 1 fully saturated rings. The van der Waals surface area contributed by atoms with Crippen LogP contribution in [0.1, 0.15) is 12.8 Å². The van der Waals surface area contributed by atoms with Crippen LogP contribution in [0.4, 0.5) is 5.69 Å². The Morgan fingerprint density at radius 2 is 2.21 bits per heavy atom. The monoisotopic (exact) mass is 324 g/mol. The molecule has 1 aromatic rings. The third-order valence-corrected chi connectivity index (χ3v) is 3.90. The summed E-state index contributed by atoms with van der Waals surface area (Å²) in [6.07, 6.45) is 0.944. The summed E-state index contributed by atoms with van der Waals surface area (Å²) in [7, 11) is 0. The van der Waals surface area contributed by atoms with Crippen LogP contribution in [0.3, 0.4) is 0 Å². The van der Waals surface area contributed by atoms with Crippen LogP contribution in [0.15, 0.2) is 22.7 Å². The summed E-state index contributed by atoms with van der Waals surface area (Å²) in [4.78, 5) is 25.2. The maximum Gasteiger partial charge on any atom is 0.249 e. The molecule has 3 rings (SSSR count). The van der Waals surface area contributed by atoms with Crippen LogP contribution in [0.2, 0.25) is 0 Å². The Morgan fingerprint density at radius 3 is 3.00 bits per heavy atom. The van der Waals surface area contributed by atoms with E-state index in [0.717, 1.165) is 15.9 Å². The van der Waals surface area contributed by atoms with Crippen LogP contribution < -0.4 is 15.0 Å². The molecule has 0 bridgehead atoms. The molecule has 2 heterocycles. The van der Waals surface area contributed by atoms with Crippen molar-refractivity contribution in [1.82, 2.24) is 5.32 Å². The highest BCUT2D eigenvalue weighted by molar-refractivity contribution is 9.10. The van der Waals surface area contributed by atoms with E-state index in [1.54, 1.807) is 0 Å². The van der Waals surface area contributed by atoms with E-state index in [1.807, 2.05) is 23.1 Å². The average molecular weight is 325 g/mol. The molecule has 0 radical (unpaired) electrons. The van der Waals surface area contributed by atoms with E-state index in [9.17, 15) is 9.59 Å². The summed E-state index contributed by atoms with van der Waals surface area (Å²) in [5.74, 6) is 0.364. The van der Waals surface area contributed by atoms with Crippen molar-refractivity contribution in [3.05, 3.63) is 22.7 Å². The quantitative estimate of drug-likeness (QED) is 0.794. The lowest BCUT2D eigenvalue weighted by Crippen LogP contribution is -2.54. The molecule has 100 valence electrons. The van der Waals surface area contributed by atoms with E-state index in [0.29, 0.717) is 26.0 Å². The highest BCUT2D eigenvalue weighted by atomic mass is 79.9. The van der Waals surface area contributed by atoms with E-state index in [-0.39, 0.29) is 17.9 Å². The highest BCUT2D eigenvalue weighted by Gasteiger charge is 2.34. The van der Waals surface area contributed by atoms with E-state index < -0.39 is 0 Å². The van der Waals surface area contributed by atoms with Gasteiger partial charge in [0.2, 0.25) is 11.8 Å². The number of imide groups is 1. The van der Waals surface area contributed by atoms with Gasteiger partial charge in [-0.3, -0.25) is 14.9 Å². The Hall–Kier alpha value is -1.56. The maximum absolute atomic E-state index is 12.0. The number of piperidine rings is 1. The van der Waals surface area contributed by atoms with E-state index in [4.69, 9.17) is 4.74 Å². The fourth-order valence-electron chi connectivity index (χ4n) is 2.52. The summed E-state index contributed by atoms with van der Waals surface area (Å²) in [6.45, 7) is 1.20. The van der Waals surface area contributed by atoms with Gasteiger partial charge in [-0.1, -0.05) is 15.9 Å². The van der Waals surface area contributed by atoms with Crippen molar-refractivity contribution >= 4 is 33.4 Å². The first-order valence-electron chi connectivity index (χ1n) is 6.18. The van der Waals surface area contributed by atoms with Gasteiger partial charge in [-0.05, 0) is 24.6 Å². The molecule has 0 saturated carbocycles. The second-order valence-electron chi connectivity index (χ2n) is 4.62. The Balaban J connectivity index is 1.91. The predicted molar refractivity (Wildman–Crippen MR) is 73.2 cm³/mol. The van der Waals surface area contributed by atoms with Crippen molar-refractivity contribution in [2.75, 3.05) is 18.1 Å². The number of rotatable bonds is 1. The number of hydrogen-bond acceptors (Lipinski definition) is 4. The molecule has 0 aliphatic carbocycles. The number of amides is 2. The van der Waals surface area contributed by atoms with Crippen LogP contribution in [-0.4, -0.2) is 31.0 Å². The summed E-state index contributed by atoms with van der Waals surface area (Å²) in [5.41, 5.74) is 0.906. The van der Waals surface area contributed by atoms with E-state index in [2.05, 4.69) is 21.2 Å². The molecule has 1 N–H and O–H groups in total. The number of nitrogens with one attached hydrogen (secondary N) is 1. The van der Waals surface area contributed by atoms with Crippen molar-refractivity contribution in [2.45, 2.75) is 18.9 Å². The molecule has 2 aliphatic heterocycles. The van der Waals surface area contributed by atoms with Crippen molar-refractivity contribution in [3.8, 4) is 5.75 Å². The van der Waals surface area contributed by atoms with Crippen molar-refractivity contribution in [1.29, 1.82) is 0 Å². The van der Waals surface area contributed by atoms with Gasteiger partial charge in [0.1, 0.15) is 18.4 Å². The van der Waals surface area contributed by atoms with Gasteiger partial charge < -0.3 is 9.64 Å². The average Bonchev–Trinajstić information content (AvgIpc) is 2.38. The molecule has 19 heavy (non-hydrogen) atoms. The molecule has 2 amide bonds. The minimum atomic E-state index is -0.290. The zero-order valence-electron chi connectivity index (χ0n) is 10.2. The van der Waals surface area contributed by atoms with E-state index in [1.165, 1.54) is 0 Å². The lowest BCUT2D eigenvalue weighted by molar-refractivity contribution is -0.134. The third-order valence-electron chi connectivity index (χ3n) is 3.41. The lowest BCUT2D eigenvalue weighted by atomic mass is 10.0. The number of benzene rings is 1. The second kappa shape index (κ2) is 4.85. The van der Waals surface area contributed by atoms with Gasteiger partial charge in [-0.25, -0.2) is 0 Å². The van der Waals surface area contributed by atoms with Crippen molar-refractivity contribution < 1.29 is 14.3 Å². The molecule has 1 unspecified atom stereocenters. The molecule has 0 spiro atoms. The maximum atomic E-state index is 12.0. The number of ether oxygens (including phenoxy) is 1. The standard InChI is InChI=1S/C13H13BrN2O3/c14-8-1-2-9-11(7-8)19-6-5-16(9)10-3-4-12(17)15-13(10)18/h1-2,7,10H,3-6H2,(H,15,17,18). The molecular weight excluding hydrogens is 312 g/mol. The summed E-state index contributed by atoms with van der Waals surface area (Å²) in [6, 6.07) is 5.46. The van der Waals surface area contributed by atoms with Crippen LogP contribution in [0.25, 0.3) is 0 Å². The normalized spacial score (nSPS) is 22.6. The van der Waals surface area contributed by atoms with Gasteiger partial charge in [-0.2, -0.15) is 0 Å². The Bertz CT molecular complexity index is 547. The topological polar surface area (TPSA) is 58.6 Å². The number of hydrogen-bond donors (Lipinski definition) is 1. The zero-order chi connectivity index (χ0) is 13.4. The molecule has 1 saturated heterocycles. The van der Waals surface area contributed by atoms with Gasteiger partial charge in [0.05, 0.1) is 12.2 Å². The zero-order valence-corrected chi connectivity index (χ0v) is 11.8. The highest BCUT2D eigenvalue weighted by Crippen LogP contribution is 2.36. The van der Waals surface area contributed by atoms with Crippen molar-refractivity contribution in [3.63, 3.8) is 0 Å². The Labute approximate surface area is 119 Å². The second-order valence-corrected chi connectivity index (χ2v) is 5.54. The minimum absolute atomic E-state index is 0.189. The SMILES string of the molecule is O=C1CCC(N2CCOc3cc(Br)ccc32)C(=O)N1. The number of carbonyl (C=O) groups excluding carboxylic acids is 2. The predicted octanol–water partition coefficient (Wildman–Crippen LogP) is 1.45. The molecular formula is C13H13BrN2O3. The summed E-state index contributed by atoms with van der Waals surface area (Å²) < 4.78 is 6.55. The Morgan fingerprint density at radius 1 is 1.37 bits per heavy atom. The lowest BCUT2D eigenvalue weighted by Gasteiger charge is -2.38. The smallest absolute Gasteiger partial charge is 0.249 e. The summed E-state index contributed by atoms with van der Waals surface area (Å²) >= 11 is 3.40. The molecule has 0 aromatic heterocycles. The first kappa shape index (κ1) is 12.5. The first-order chi connectivity index (χ1) is 9.15.